The topological polar surface area (TPSA) is 69.6 Å². The Morgan fingerprint density at radius 1 is 1.24 bits per heavy atom. The molecule has 0 saturated carbocycles. The Hall–Kier alpha value is -1.88. The molecule has 5 nitrogen and oxygen atoms in total. The monoisotopic (exact) mass is 346 g/mol. The highest BCUT2D eigenvalue weighted by molar-refractivity contribution is 5.94. The van der Waals surface area contributed by atoms with Gasteiger partial charge in [-0.15, -0.1) is 0 Å². The van der Waals surface area contributed by atoms with Gasteiger partial charge in [-0.05, 0) is 43.4 Å². The highest BCUT2D eigenvalue weighted by Crippen LogP contribution is 2.23. The van der Waals surface area contributed by atoms with E-state index in [0.717, 1.165) is 37.8 Å². The molecule has 0 aromatic heterocycles. The first-order chi connectivity index (χ1) is 11.8. The third kappa shape index (κ3) is 5.30. The molecule has 5 heteroatoms. The van der Waals surface area contributed by atoms with Crippen LogP contribution in [0.2, 0.25) is 0 Å². The molecule has 2 N–H and O–H groups in total. The molecule has 0 aliphatic carbocycles. The van der Waals surface area contributed by atoms with Crippen LogP contribution >= 0.6 is 0 Å². The number of likely N-dealkylation sites (tertiary alicyclic amines) is 1. The molecule has 2 amide bonds. The molecule has 0 spiro atoms. The van der Waals surface area contributed by atoms with E-state index in [1.165, 1.54) is 0 Å². The third-order valence-electron chi connectivity index (χ3n) is 4.67. The van der Waals surface area contributed by atoms with Crippen molar-refractivity contribution in [3.63, 3.8) is 0 Å². The Balaban J connectivity index is 1.95. The quantitative estimate of drug-likeness (QED) is 0.832. The van der Waals surface area contributed by atoms with E-state index < -0.39 is 5.41 Å². The smallest absolute Gasteiger partial charge is 0.254 e. The average molecular weight is 346 g/mol. The largest absolute Gasteiger partial charge is 0.396 e. The molecule has 0 bridgehead atoms. The van der Waals surface area contributed by atoms with E-state index in [4.69, 9.17) is 5.11 Å². The van der Waals surface area contributed by atoms with Gasteiger partial charge >= 0.3 is 0 Å². The second-order valence-corrected chi connectivity index (χ2v) is 7.79. The number of rotatable bonds is 6. The number of carbonyl (C=O) groups is 2. The molecule has 25 heavy (non-hydrogen) atoms. The molecular weight excluding hydrogens is 316 g/mol. The van der Waals surface area contributed by atoms with Crippen molar-refractivity contribution in [1.29, 1.82) is 0 Å². The molecule has 1 heterocycles. The SMILES string of the molecule is CC(C)(C)C(=O)NCc1ccc(C(=O)N2CCCC2CCCO)cc1. The molecule has 138 valence electrons. The van der Waals surface area contributed by atoms with Gasteiger partial charge in [0.1, 0.15) is 0 Å². The Kier molecular flexibility index (Phi) is 6.59. The summed E-state index contributed by atoms with van der Waals surface area (Å²) < 4.78 is 0. The van der Waals surface area contributed by atoms with Crippen LogP contribution in [0.3, 0.4) is 0 Å². The Labute approximate surface area is 150 Å². The molecule has 1 aliphatic heterocycles. The summed E-state index contributed by atoms with van der Waals surface area (Å²) in [6.45, 7) is 7.08. The zero-order chi connectivity index (χ0) is 18.4. The molecule has 1 aromatic rings. The minimum atomic E-state index is -0.407. The minimum absolute atomic E-state index is 0.0106. The van der Waals surface area contributed by atoms with Crippen molar-refractivity contribution < 1.29 is 14.7 Å². The molecule has 1 saturated heterocycles. The highest BCUT2D eigenvalue weighted by atomic mass is 16.3. The van der Waals surface area contributed by atoms with Crippen LogP contribution in [-0.4, -0.2) is 41.0 Å². The molecule has 0 radical (unpaired) electrons. The Morgan fingerprint density at radius 3 is 2.52 bits per heavy atom. The fourth-order valence-corrected chi connectivity index (χ4v) is 3.11. The summed E-state index contributed by atoms with van der Waals surface area (Å²) in [4.78, 5) is 26.6. The van der Waals surface area contributed by atoms with Gasteiger partial charge in [0.05, 0.1) is 0 Å². The van der Waals surface area contributed by atoms with Crippen LogP contribution in [0, 0.1) is 5.41 Å². The van der Waals surface area contributed by atoms with Gasteiger partial charge in [-0.2, -0.15) is 0 Å². The number of hydrogen-bond acceptors (Lipinski definition) is 3. The van der Waals surface area contributed by atoms with Crippen LogP contribution in [0.4, 0.5) is 0 Å². The highest BCUT2D eigenvalue weighted by Gasteiger charge is 2.28. The van der Waals surface area contributed by atoms with Gasteiger partial charge in [0, 0.05) is 36.7 Å². The summed E-state index contributed by atoms with van der Waals surface area (Å²) >= 11 is 0. The lowest BCUT2D eigenvalue weighted by Gasteiger charge is -2.24. The van der Waals surface area contributed by atoms with E-state index in [1.54, 1.807) is 0 Å². The van der Waals surface area contributed by atoms with E-state index in [1.807, 2.05) is 49.9 Å². The molecule has 1 unspecified atom stereocenters. The fraction of sp³-hybridized carbons (Fsp3) is 0.600. The minimum Gasteiger partial charge on any atom is -0.396 e. The zero-order valence-corrected chi connectivity index (χ0v) is 15.5. The maximum atomic E-state index is 12.7. The van der Waals surface area contributed by atoms with Gasteiger partial charge in [-0.1, -0.05) is 32.9 Å². The lowest BCUT2D eigenvalue weighted by Crippen LogP contribution is -2.35. The van der Waals surface area contributed by atoms with E-state index in [-0.39, 0.29) is 24.5 Å². The lowest BCUT2D eigenvalue weighted by molar-refractivity contribution is -0.128. The normalized spacial score (nSPS) is 17.6. The van der Waals surface area contributed by atoms with Crippen LogP contribution in [0.5, 0.6) is 0 Å². The van der Waals surface area contributed by atoms with Crippen molar-refractivity contribution in [3.05, 3.63) is 35.4 Å². The van der Waals surface area contributed by atoms with Gasteiger partial charge in [-0.3, -0.25) is 9.59 Å². The standard InChI is InChI=1S/C20H30N2O3/c1-20(2,3)19(25)21-14-15-8-10-16(11-9-15)18(24)22-12-4-6-17(22)7-5-13-23/h8-11,17,23H,4-7,12-14H2,1-3H3,(H,21,25). The van der Waals surface area contributed by atoms with Gasteiger partial charge < -0.3 is 15.3 Å². The van der Waals surface area contributed by atoms with Crippen molar-refractivity contribution in [3.8, 4) is 0 Å². The second-order valence-electron chi connectivity index (χ2n) is 7.79. The van der Waals surface area contributed by atoms with Crippen molar-refractivity contribution in [2.75, 3.05) is 13.2 Å². The van der Waals surface area contributed by atoms with E-state index in [2.05, 4.69) is 5.32 Å². The summed E-state index contributed by atoms with van der Waals surface area (Å²) in [7, 11) is 0. The van der Waals surface area contributed by atoms with Crippen LogP contribution in [-0.2, 0) is 11.3 Å². The number of nitrogens with zero attached hydrogens (tertiary/aromatic N) is 1. The predicted octanol–water partition coefficient (Wildman–Crippen LogP) is 2.73. The van der Waals surface area contributed by atoms with Crippen LogP contribution in [0.15, 0.2) is 24.3 Å². The summed E-state index contributed by atoms with van der Waals surface area (Å²) in [6.07, 6.45) is 3.64. The second kappa shape index (κ2) is 8.48. The van der Waals surface area contributed by atoms with Crippen molar-refractivity contribution >= 4 is 11.8 Å². The number of hydrogen-bond donors (Lipinski definition) is 2. The van der Waals surface area contributed by atoms with Crippen molar-refractivity contribution in [2.45, 2.75) is 59.0 Å². The molecular formula is C20H30N2O3. The molecule has 1 aliphatic rings. The molecule has 1 fully saturated rings. The van der Waals surface area contributed by atoms with Gasteiger partial charge in [0.25, 0.3) is 5.91 Å². The number of carbonyl (C=O) groups excluding carboxylic acids is 2. The summed E-state index contributed by atoms with van der Waals surface area (Å²) in [6, 6.07) is 7.71. The number of aliphatic hydroxyl groups excluding tert-OH is 1. The molecule has 1 aromatic carbocycles. The zero-order valence-electron chi connectivity index (χ0n) is 15.5. The maximum Gasteiger partial charge on any atom is 0.254 e. The van der Waals surface area contributed by atoms with E-state index in [9.17, 15) is 9.59 Å². The average Bonchev–Trinajstić information content (AvgIpc) is 3.05. The first-order valence-electron chi connectivity index (χ1n) is 9.12. The van der Waals surface area contributed by atoms with E-state index in [0.29, 0.717) is 12.1 Å². The first kappa shape index (κ1) is 19.4. The first-order valence-corrected chi connectivity index (χ1v) is 9.12. The summed E-state index contributed by atoms with van der Waals surface area (Å²) in [5.74, 6) is 0.0714. The van der Waals surface area contributed by atoms with Crippen LogP contribution < -0.4 is 5.32 Å². The molecule has 1 atom stereocenters. The van der Waals surface area contributed by atoms with Gasteiger partial charge in [0.15, 0.2) is 0 Å². The van der Waals surface area contributed by atoms with Crippen molar-refractivity contribution in [2.24, 2.45) is 5.41 Å². The number of nitrogens with one attached hydrogen (secondary N) is 1. The summed E-state index contributed by atoms with van der Waals surface area (Å²) in [5.41, 5.74) is 1.25. The Morgan fingerprint density at radius 2 is 1.92 bits per heavy atom. The fourth-order valence-electron chi connectivity index (χ4n) is 3.11. The van der Waals surface area contributed by atoms with Crippen LogP contribution in [0.25, 0.3) is 0 Å². The molecule has 2 rings (SSSR count). The lowest BCUT2D eigenvalue weighted by atomic mass is 9.95. The van der Waals surface area contributed by atoms with Crippen molar-refractivity contribution in [1.82, 2.24) is 10.2 Å². The third-order valence-corrected chi connectivity index (χ3v) is 4.67. The van der Waals surface area contributed by atoms with Crippen LogP contribution in [0.1, 0.15) is 62.4 Å². The van der Waals surface area contributed by atoms with Gasteiger partial charge in [0.2, 0.25) is 5.91 Å². The summed E-state index contributed by atoms with van der Waals surface area (Å²) in [5, 5.41) is 11.9. The van der Waals surface area contributed by atoms with E-state index >= 15 is 0 Å². The number of benzene rings is 1. The predicted molar refractivity (Wildman–Crippen MR) is 98.1 cm³/mol. The van der Waals surface area contributed by atoms with Gasteiger partial charge in [-0.25, -0.2) is 0 Å². The number of amides is 2. The number of aliphatic hydroxyl groups is 1. The maximum absolute atomic E-state index is 12.7. The Bertz CT molecular complexity index is 590.